The molecule has 0 bridgehead atoms. The van der Waals surface area contributed by atoms with Crippen LogP contribution in [-0.4, -0.2) is 49.6 Å². The monoisotopic (exact) mass is 264 g/mol. The van der Waals surface area contributed by atoms with E-state index in [4.69, 9.17) is 6.42 Å². The zero-order valence-corrected chi connectivity index (χ0v) is 12.6. The summed E-state index contributed by atoms with van der Waals surface area (Å²) in [4.78, 5) is 7.15. The van der Waals surface area contributed by atoms with Crippen molar-refractivity contribution in [1.82, 2.24) is 15.5 Å². The number of hydrogen-bond acceptors (Lipinski definition) is 2. The SMILES string of the molecule is C#CCNC(=NCC(C)N1CCCC(C)C1)NCC. The largest absolute Gasteiger partial charge is 0.357 e. The van der Waals surface area contributed by atoms with Gasteiger partial charge in [0.05, 0.1) is 13.1 Å². The topological polar surface area (TPSA) is 39.7 Å². The van der Waals surface area contributed by atoms with Gasteiger partial charge in [-0.2, -0.15) is 0 Å². The van der Waals surface area contributed by atoms with Crippen molar-refractivity contribution < 1.29 is 0 Å². The average Bonchev–Trinajstić information content (AvgIpc) is 2.41. The lowest BCUT2D eigenvalue weighted by molar-refractivity contribution is 0.142. The molecule has 1 aliphatic rings. The van der Waals surface area contributed by atoms with Gasteiger partial charge < -0.3 is 10.6 Å². The molecule has 0 aliphatic carbocycles. The number of nitrogens with zero attached hydrogens (tertiary/aromatic N) is 2. The second-order valence-corrected chi connectivity index (χ2v) is 5.37. The Kier molecular flexibility index (Phi) is 7.35. The van der Waals surface area contributed by atoms with Crippen LogP contribution in [0.1, 0.15) is 33.6 Å². The van der Waals surface area contributed by atoms with Gasteiger partial charge in [-0.15, -0.1) is 6.42 Å². The van der Waals surface area contributed by atoms with Crippen LogP contribution >= 0.6 is 0 Å². The third-order valence-corrected chi connectivity index (χ3v) is 3.53. The van der Waals surface area contributed by atoms with E-state index >= 15 is 0 Å². The highest BCUT2D eigenvalue weighted by molar-refractivity contribution is 5.79. The van der Waals surface area contributed by atoms with Gasteiger partial charge in [0, 0.05) is 19.1 Å². The molecule has 0 aromatic rings. The molecule has 1 fully saturated rings. The fourth-order valence-corrected chi connectivity index (χ4v) is 2.44. The maximum Gasteiger partial charge on any atom is 0.192 e. The van der Waals surface area contributed by atoms with Crippen molar-refractivity contribution in [3.63, 3.8) is 0 Å². The molecule has 2 N–H and O–H groups in total. The van der Waals surface area contributed by atoms with Crippen LogP contribution in [0.5, 0.6) is 0 Å². The number of rotatable bonds is 5. The Morgan fingerprint density at radius 1 is 1.53 bits per heavy atom. The van der Waals surface area contributed by atoms with E-state index in [1.807, 2.05) is 0 Å². The van der Waals surface area contributed by atoms with Crippen LogP contribution < -0.4 is 10.6 Å². The summed E-state index contributed by atoms with van der Waals surface area (Å²) in [6.07, 6.45) is 7.93. The molecule has 1 aliphatic heterocycles. The molecule has 0 aromatic carbocycles. The number of guanidine groups is 1. The van der Waals surface area contributed by atoms with Gasteiger partial charge in [-0.3, -0.25) is 9.89 Å². The summed E-state index contributed by atoms with van der Waals surface area (Å²) in [6, 6.07) is 0.490. The molecule has 4 heteroatoms. The first kappa shape index (κ1) is 15.8. The molecule has 2 atom stereocenters. The standard InChI is InChI=1S/C15H28N4/c1-5-9-17-15(16-6-2)18-11-14(4)19-10-7-8-13(3)12-19/h1,13-14H,6-12H2,2-4H3,(H2,16,17,18). The number of piperidine rings is 1. The van der Waals surface area contributed by atoms with Crippen LogP contribution in [0.4, 0.5) is 0 Å². The van der Waals surface area contributed by atoms with E-state index in [0.29, 0.717) is 12.6 Å². The fourth-order valence-electron chi connectivity index (χ4n) is 2.44. The lowest BCUT2D eigenvalue weighted by Gasteiger charge is -2.35. The predicted molar refractivity (Wildman–Crippen MR) is 82.2 cm³/mol. The number of terminal acetylenes is 1. The number of nitrogens with one attached hydrogen (secondary N) is 2. The highest BCUT2D eigenvalue weighted by Gasteiger charge is 2.20. The second-order valence-electron chi connectivity index (χ2n) is 5.37. The minimum atomic E-state index is 0.490. The van der Waals surface area contributed by atoms with Crippen molar-refractivity contribution in [1.29, 1.82) is 0 Å². The Morgan fingerprint density at radius 3 is 2.95 bits per heavy atom. The third-order valence-electron chi connectivity index (χ3n) is 3.53. The Labute approximate surface area is 118 Å². The summed E-state index contributed by atoms with van der Waals surface area (Å²) in [5.41, 5.74) is 0. The molecule has 1 heterocycles. The first-order valence-electron chi connectivity index (χ1n) is 7.37. The molecule has 0 spiro atoms. The van der Waals surface area contributed by atoms with Crippen molar-refractivity contribution in [3.8, 4) is 12.3 Å². The molecular formula is C15H28N4. The van der Waals surface area contributed by atoms with Crippen LogP contribution in [0.25, 0.3) is 0 Å². The van der Waals surface area contributed by atoms with Crippen LogP contribution in [0.15, 0.2) is 4.99 Å². The first-order chi connectivity index (χ1) is 9.17. The Morgan fingerprint density at radius 2 is 2.32 bits per heavy atom. The van der Waals surface area contributed by atoms with Crippen molar-refractivity contribution in [2.24, 2.45) is 10.9 Å². The molecule has 1 rings (SSSR count). The van der Waals surface area contributed by atoms with Gasteiger partial charge >= 0.3 is 0 Å². The zero-order valence-electron chi connectivity index (χ0n) is 12.6. The number of hydrogen-bond donors (Lipinski definition) is 2. The normalized spacial score (nSPS) is 22.6. The van der Waals surface area contributed by atoms with Gasteiger partial charge in [-0.25, -0.2) is 0 Å². The minimum Gasteiger partial charge on any atom is -0.357 e. The predicted octanol–water partition coefficient (Wildman–Crippen LogP) is 1.30. The van der Waals surface area contributed by atoms with Crippen LogP contribution in [0, 0.1) is 18.3 Å². The average molecular weight is 264 g/mol. The van der Waals surface area contributed by atoms with E-state index in [0.717, 1.165) is 25.0 Å². The molecule has 0 aromatic heterocycles. The van der Waals surface area contributed by atoms with E-state index < -0.39 is 0 Å². The number of likely N-dealkylation sites (tertiary alicyclic amines) is 1. The van der Waals surface area contributed by atoms with Crippen LogP contribution in [0.2, 0.25) is 0 Å². The molecule has 0 radical (unpaired) electrons. The third kappa shape index (κ3) is 5.98. The van der Waals surface area contributed by atoms with Crippen molar-refractivity contribution in [2.45, 2.75) is 39.7 Å². The summed E-state index contributed by atoms with van der Waals surface area (Å²) < 4.78 is 0. The smallest absolute Gasteiger partial charge is 0.192 e. The van der Waals surface area contributed by atoms with Gasteiger partial charge in [0.1, 0.15) is 0 Å². The zero-order chi connectivity index (χ0) is 14.1. The van der Waals surface area contributed by atoms with Gasteiger partial charge in [-0.05, 0) is 39.2 Å². The molecule has 1 saturated heterocycles. The summed E-state index contributed by atoms with van der Waals surface area (Å²) in [6.45, 7) is 11.2. The summed E-state index contributed by atoms with van der Waals surface area (Å²) in [7, 11) is 0. The molecule has 108 valence electrons. The summed E-state index contributed by atoms with van der Waals surface area (Å²) in [5.74, 6) is 4.20. The molecule has 0 saturated carbocycles. The quantitative estimate of drug-likeness (QED) is 0.447. The lowest BCUT2D eigenvalue weighted by atomic mass is 9.99. The Hall–Kier alpha value is -1.21. The van der Waals surface area contributed by atoms with E-state index in [-0.39, 0.29) is 0 Å². The Balaban J connectivity index is 2.44. The minimum absolute atomic E-state index is 0.490. The molecule has 4 nitrogen and oxygen atoms in total. The first-order valence-corrected chi connectivity index (χ1v) is 7.37. The van der Waals surface area contributed by atoms with Crippen LogP contribution in [-0.2, 0) is 0 Å². The molecule has 19 heavy (non-hydrogen) atoms. The maximum absolute atomic E-state index is 5.26. The van der Waals surface area contributed by atoms with Crippen molar-refractivity contribution in [3.05, 3.63) is 0 Å². The van der Waals surface area contributed by atoms with E-state index in [2.05, 4.69) is 47.2 Å². The van der Waals surface area contributed by atoms with Gasteiger partial charge in [0.2, 0.25) is 0 Å². The number of aliphatic imine (C=N–C) groups is 1. The van der Waals surface area contributed by atoms with Gasteiger partial charge in [0.15, 0.2) is 5.96 Å². The van der Waals surface area contributed by atoms with Crippen molar-refractivity contribution in [2.75, 3.05) is 32.7 Å². The molecule has 0 amide bonds. The lowest BCUT2D eigenvalue weighted by Crippen LogP contribution is -2.43. The fraction of sp³-hybridized carbons (Fsp3) is 0.800. The molecule has 2 unspecified atom stereocenters. The highest BCUT2D eigenvalue weighted by atomic mass is 15.2. The Bertz CT molecular complexity index is 319. The van der Waals surface area contributed by atoms with E-state index in [1.54, 1.807) is 0 Å². The van der Waals surface area contributed by atoms with Gasteiger partial charge in [0.25, 0.3) is 0 Å². The molecular weight excluding hydrogens is 236 g/mol. The van der Waals surface area contributed by atoms with Crippen molar-refractivity contribution >= 4 is 5.96 Å². The summed E-state index contributed by atoms with van der Waals surface area (Å²) >= 11 is 0. The van der Waals surface area contributed by atoms with Gasteiger partial charge in [-0.1, -0.05) is 12.8 Å². The second kappa shape index (κ2) is 8.82. The van der Waals surface area contributed by atoms with E-state index in [9.17, 15) is 0 Å². The van der Waals surface area contributed by atoms with Crippen LogP contribution in [0.3, 0.4) is 0 Å². The van der Waals surface area contributed by atoms with E-state index in [1.165, 1.54) is 25.9 Å². The maximum atomic E-state index is 5.26. The highest BCUT2D eigenvalue weighted by Crippen LogP contribution is 2.17. The summed E-state index contributed by atoms with van der Waals surface area (Å²) in [5, 5.41) is 6.33.